The molecule has 1 unspecified atom stereocenters. The number of amides is 3. The molecule has 1 heterocycles. The van der Waals surface area contributed by atoms with Gasteiger partial charge in [0.25, 0.3) is 11.8 Å². The number of benzene rings is 2. The molecule has 0 saturated heterocycles. The van der Waals surface area contributed by atoms with Gasteiger partial charge in [0.2, 0.25) is 5.91 Å². The Morgan fingerprint density at radius 2 is 1.54 bits per heavy atom. The van der Waals surface area contributed by atoms with E-state index < -0.39 is 53.4 Å². The number of halogens is 2. The minimum Gasteiger partial charge on any atom is -0.349 e. The number of carbonyl (C=O) groups excluding carboxylic acids is 4. The number of nitrogens with zero attached hydrogens (tertiary/aromatic N) is 1. The summed E-state index contributed by atoms with van der Waals surface area (Å²) < 4.78 is 28.1. The highest BCUT2D eigenvalue weighted by Gasteiger charge is 2.39. The van der Waals surface area contributed by atoms with Crippen LogP contribution in [0.25, 0.3) is 0 Å². The first-order chi connectivity index (χ1) is 13.3. The van der Waals surface area contributed by atoms with E-state index in [1.54, 1.807) is 12.1 Å². The fourth-order valence-corrected chi connectivity index (χ4v) is 2.87. The topological polar surface area (TPSA) is 92.8 Å². The van der Waals surface area contributed by atoms with E-state index in [9.17, 15) is 28.0 Å². The lowest BCUT2D eigenvalue weighted by molar-refractivity contribution is -0.169. The average Bonchev–Trinajstić information content (AvgIpc) is 2.86. The van der Waals surface area contributed by atoms with Crippen LogP contribution in [0.3, 0.4) is 0 Å². The fraction of sp³-hybridized carbons (Fsp3) is 0.158. The number of imide groups is 1. The normalized spacial score (nSPS) is 13.9. The van der Waals surface area contributed by atoms with Crippen LogP contribution < -0.4 is 5.32 Å². The zero-order chi connectivity index (χ0) is 20.4. The first-order valence-corrected chi connectivity index (χ1v) is 8.19. The second-order valence-electron chi connectivity index (χ2n) is 6.01. The fourth-order valence-electron chi connectivity index (χ4n) is 2.87. The highest BCUT2D eigenvalue weighted by molar-refractivity contribution is 6.20. The Hall–Kier alpha value is -3.62. The summed E-state index contributed by atoms with van der Waals surface area (Å²) in [6.07, 6.45) is -0.704. The average molecular weight is 388 g/mol. The van der Waals surface area contributed by atoms with Gasteiger partial charge in [-0.1, -0.05) is 23.3 Å². The van der Waals surface area contributed by atoms with Gasteiger partial charge in [-0.3, -0.25) is 14.4 Å². The van der Waals surface area contributed by atoms with Gasteiger partial charge in [-0.05, 0) is 24.3 Å². The Labute approximate surface area is 157 Å². The van der Waals surface area contributed by atoms with Crippen molar-refractivity contribution in [3.63, 3.8) is 0 Å². The monoisotopic (exact) mass is 388 g/mol. The molecule has 0 spiro atoms. The van der Waals surface area contributed by atoms with E-state index in [2.05, 4.69) is 5.32 Å². The number of fused-ring (bicyclic) bond motifs is 1. The van der Waals surface area contributed by atoms with Gasteiger partial charge < -0.3 is 10.2 Å². The first kappa shape index (κ1) is 19.2. The predicted molar refractivity (Wildman–Crippen MR) is 90.6 cm³/mol. The molecule has 9 heteroatoms. The summed E-state index contributed by atoms with van der Waals surface area (Å²) in [4.78, 5) is 52.9. The van der Waals surface area contributed by atoms with E-state index in [-0.39, 0.29) is 16.2 Å². The van der Waals surface area contributed by atoms with Crippen molar-refractivity contribution in [3.05, 3.63) is 70.8 Å². The van der Waals surface area contributed by atoms with Gasteiger partial charge in [0.1, 0.15) is 11.6 Å². The smallest absolute Gasteiger partial charge is 0.335 e. The van der Waals surface area contributed by atoms with Crippen molar-refractivity contribution in [2.24, 2.45) is 0 Å². The van der Waals surface area contributed by atoms with Crippen LogP contribution in [0.5, 0.6) is 0 Å². The molecule has 1 aliphatic rings. The molecule has 0 fully saturated rings. The van der Waals surface area contributed by atoms with E-state index in [1.807, 2.05) is 0 Å². The third-order valence-corrected chi connectivity index (χ3v) is 4.05. The number of carbonyl (C=O) groups is 4. The molecule has 3 amide bonds. The summed E-state index contributed by atoms with van der Waals surface area (Å²) in [5.74, 6) is -5.36. The molecule has 7 nitrogen and oxygen atoms in total. The number of rotatable bonds is 5. The Balaban J connectivity index is 1.79. The third kappa shape index (κ3) is 3.59. The molecule has 2 aromatic carbocycles. The minimum atomic E-state index is -1.39. The van der Waals surface area contributed by atoms with Gasteiger partial charge in [0, 0.05) is 12.5 Å². The van der Waals surface area contributed by atoms with Gasteiger partial charge in [0.05, 0.1) is 23.6 Å². The van der Waals surface area contributed by atoms with Crippen molar-refractivity contribution in [2.45, 2.75) is 19.4 Å². The standard InChI is InChI=1S/C19H14F2N2O5/c1-10(24)22-15(17-13(20)7-4-8-14(17)21)9-16(25)28-23-18(26)11-5-2-3-6-12(11)19(23)27/h2-8,15H,9H2,1H3,(H,22,24). The quantitative estimate of drug-likeness (QED) is 0.794. The van der Waals surface area contributed by atoms with Crippen LogP contribution in [-0.2, 0) is 14.4 Å². The molecule has 0 aliphatic carbocycles. The van der Waals surface area contributed by atoms with Crippen LogP contribution in [0.2, 0.25) is 0 Å². The lowest BCUT2D eigenvalue weighted by Gasteiger charge is -2.20. The zero-order valence-electron chi connectivity index (χ0n) is 14.6. The second-order valence-corrected chi connectivity index (χ2v) is 6.01. The van der Waals surface area contributed by atoms with Crippen LogP contribution in [-0.4, -0.2) is 28.8 Å². The Bertz CT molecular complexity index is 937. The Morgan fingerprint density at radius 3 is 2.04 bits per heavy atom. The SMILES string of the molecule is CC(=O)NC(CC(=O)ON1C(=O)c2ccccc2C1=O)c1c(F)cccc1F. The summed E-state index contributed by atoms with van der Waals surface area (Å²) in [5.41, 5.74) is -0.394. The van der Waals surface area contributed by atoms with Crippen molar-refractivity contribution in [3.8, 4) is 0 Å². The van der Waals surface area contributed by atoms with Gasteiger partial charge in [-0.15, -0.1) is 0 Å². The van der Waals surface area contributed by atoms with Crippen LogP contribution in [0, 0.1) is 11.6 Å². The minimum absolute atomic E-state index is 0.0684. The summed E-state index contributed by atoms with van der Waals surface area (Å²) in [5, 5.41) is 2.55. The molecule has 1 atom stereocenters. The predicted octanol–water partition coefficient (Wildman–Crippen LogP) is 2.29. The molecule has 0 aromatic heterocycles. The molecule has 1 N–H and O–H groups in total. The van der Waals surface area contributed by atoms with Gasteiger partial charge in [-0.2, -0.15) is 0 Å². The maximum absolute atomic E-state index is 14.0. The van der Waals surface area contributed by atoms with E-state index in [0.717, 1.165) is 25.1 Å². The second kappa shape index (κ2) is 7.55. The maximum atomic E-state index is 14.0. The number of nitrogens with one attached hydrogen (secondary N) is 1. The first-order valence-electron chi connectivity index (χ1n) is 8.19. The van der Waals surface area contributed by atoms with Crippen molar-refractivity contribution in [2.75, 3.05) is 0 Å². The van der Waals surface area contributed by atoms with Gasteiger partial charge in [0.15, 0.2) is 0 Å². The highest BCUT2D eigenvalue weighted by Crippen LogP contribution is 2.26. The number of hydroxylamine groups is 2. The maximum Gasteiger partial charge on any atom is 0.335 e. The molecular formula is C19H14F2N2O5. The van der Waals surface area contributed by atoms with Crippen LogP contribution in [0.15, 0.2) is 42.5 Å². The van der Waals surface area contributed by atoms with Crippen molar-refractivity contribution >= 4 is 23.7 Å². The van der Waals surface area contributed by atoms with Crippen LogP contribution in [0.4, 0.5) is 8.78 Å². The van der Waals surface area contributed by atoms with E-state index >= 15 is 0 Å². The molecule has 1 aliphatic heterocycles. The molecule has 144 valence electrons. The van der Waals surface area contributed by atoms with Gasteiger partial charge in [-0.25, -0.2) is 13.6 Å². The lowest BCUT2D eigenvalue weighted by Crippen LogP contribution is -2.35. The molecule has 28 heavy (non-hydrogen) atoms. The van der Waals surface area contributed by atoms with Crippen LogP contribution in [0.1, 0.15) is 45.7 Å². The summed E-state index contributed by atoms with van der Waals surface area (Å²) in [7, 11) is 0. The van der Waals surface area contributed by atoms with Crippen molar-refractivity contribution in [1.82, 2.24) is 10.4 Å². The molecular weight excluding hydrogens is 374 g/mol. The summed E-state index contributed by atoms with van der Waals surface area (Å²) in [6.45, 7) is 1.11. The highest BCUT2D eigenvalue weighted by atomic mass is 19.1. The van der Waals surface area contributed by atoms with Gasteiger partial charge >= 0.3 is 5.97 Å². The summed E-state index contributed by atoms with van der Waals surface area (Å²) in [6, 6.07) is 7.59. The Kier molecular flexibility index (Phi) is 5.16. The van der Waals surface area contributed by atoms with Crippen molar-refractivity contribution in [1.29, 1.82) is 0 Å². The third-order valence-electron chi connectivity index (χ3n) is 4.05. The zero-order valence-corrected chi connectivity index (χ0v) is 14.6. The molecule has 0 radical (unpaired) electrons. The van der Waals surface area contributed by atoms with Crippen molar-refractivity contribution < 1.29 is 32.8 Å². The number of hydrogen-bond acceptors (Lipinski definition) is 5. The van der Waals surface area contributed by atoms with E-state index in [4.69, 9.17) is 4.84 Å². The van der Waals surface area contributed by atoms with Crippen LogP contribution >= 0.6 is 0 Å². The van der Waals surface area contributed by atoms with E-state index in [1.165, 1.54) is 12.1 Å². The lowest BCUT2D eigenvalue weighted by atomic mass is 10.0. The Morgan fingerprint density at radius 1 is 1.00 bits per heavy atom. The number of hydrogen-bond donors (Lipinski definition) is 1. The van der Waals surface area contributed by atoms with E-state index in [0.29, 0.717) is 0 Å². The molecule has 3 rings (SSSR count). The molecule has 2 aromatic rings. The summed E-state index contributed by atoms with van der Waals surface area (Å²) >= 11 is 0. The largest absolute Gasteiger partial charge is 0.349 e. The molecule has 0 bridgehead atoms. The molecule has 0 saturated carbocycles.